The van der Waals surface area contributed by atoms with Crippen LogP contribution >= 0.6 is 0 Å². The lowest BCUT2D eigenvalue weighted by Crippen LogP contribution is -2.26. The molecule has 0 saturated heterocycles. The van der Waals surface area contributed by atoms with Crippen molar-refractivity contribution in [3.05, 3.63) is 17.5 Å². The molecule has 0 aliphatic heterocycles. The summed E-state index contributed by atoms with van der Waals surface area (Å²) < 4.78 is 7.69. The summed E-state index contributed by atoms with van der Waals surface area (Å²) in [4.78, 5) is 0. The lowest BCUT2D eigenvalue weighted by molar-refractivity contribution is 0.121. The number of aromatic nitrogens is 2. The van der Waals surface area contributed by atoms with Gasteiger partial charge in [-0.15, -0.1) is 0 Å². The quantitative estimate of drug-likeness (QED) is 0.767. The number of nitrogens with zero attached hydrogens (tertiary/aromatic N) is 2. The third-order valence-electron chi connectivity index (χ3n) is 4.28. The summed E-state index contributed by atoms with van der Waals surface area (Å²) in [6.45, 7) is 2.93. The Kier molecular flexibility index (Phi) is 4.18. The van der Waals surface area contributed by atoms with Crippen molar-refractivity contribution in [3.63, 3.8) is 0 Å². The van der Waals surface area contributed by atoms with Crippen LogP contribution in [0.15, 0.2) is 6.20 Å². The van der Waals surface area contributed by atoms with Crippen molar-refractivity contribution < 1.29 is 4.74 Å². The van der Waals surface area contributed by atoms with Crippen molar-refractivity contribution in [2.75, 3.05) is 19.8 Å². The monoisotopic (exact) mass is 263 g/mol. The van der Waals surface area contributed by atoms with Crippen LogP contribution in [0, 0.1) is 5.92 Å². The summed E-state index contributed by atoms with van der Waals surface area (Å²) in [5.74, 6) is 0.879. The summed E-state index contributed by atoms with van der Waals surface area (Å²) in [6.07, 6.45) is 9.58. The molecule has 106 valence electrons. The maximum atomic E-state index is 5.66. The fourth-order valence-corrected chi connectivity index (χ4v) is 2.90. The van der Waals surface area contributed by atoms with Crippen molar-refractivity contribution in [1.29, 1.82) is 0 Å². The summed E-state index contributed by atoms with van der Waals surface area (Å²) in [5, 5.41) is 8.05. The molecule has 1 atom stereocenters. The van der Waals surface area contributed by atoms with Crippen LogP contribution in [0.5, 0.6) is 0 Å². The highest BCUT2D eigenvalue weighted by Gasteiger charge is 2.23. The van der Waals surface area contributed by atoms with E-state index in [0.29, 0.717) is 6.04 Å². The van der Waals surface area contributed by atoms with Gasteiger partial charge in [0.1, 0.15) is 0 Å². The highest BCUT2D eigenvalue weighted by atomic mass is 16.5. The number of nitrogens with one attached hydrogen (secondary N) is 1. The summed E-state index contributed by atoms with van der Waals surface area (Å²) in [7, 11) is 2.05. The van der Waals surface area contributed by atoms with E-state index in [9.17, 15) is 0 Å². The van der Waals surface area contributed by atoms with Gasteiger partial charge in [0.15, 0.2) is 0 Å². The van der Waals surface area contributed by atoms with Gasteiger partial charge in [0, 0.05) is 37.6 Å². The van der Waals surface area contributed by atoms with Gasteiger partial charge in [-0.3, -0.25) is 4.68 Å². The van der Waals surface area contributed by atoms with Crippen molar-refractivity contribution in [2.45, 2.75) is 44.6 Å². The largest absolute Gasteiger partial charge is 0.381 e. The minimum atomic E-state index is 0.501. The first kappa shape index (κ1) is 13.1. The van der Waals surface area contributed by atoms with E-state index in [1.54, 1.807) is 0 Å². The van der Waals surface area contributed by atoms with E-state index >= 15 is 0 Å². The Morgan fingerprint density at radius 2 is 2.32 bits per heavy atom. The topological polar surface area (TPSA) is 39.1 Å². The van der Waals surface area contributed by atoms with Gasteiger partial charge >= 0.3 is 0 Å². The molecule has 4 heteroatoms. The van der Waals surface area contributed by atoms with Crippen LogP contribution in [0.4, 0.5) is 0 Å². The van der Waals surface area contributed by atoms with E-state index in [1.165, 1.54) is 43.4 Å². The van der Waals surface area contributed by atoms with Crippen LogP contribution < -0.4 is 5.32 Å². The molecule has 0 spiro atoms. The van der Waals surface area contributed by atoms with Crippen LogP contribution in [0.1, 0.15) is 49.4 Å². The molecule has 2 aliphatic carbocycles. The second kappa shape index (κ2) is 6.06. The van der Waals surface area contributed by atoms with Crippen LogP contribution in [0.3, 0.4) is 0 Å². The molecule has 19 heavy (non-hydrogen) atoms. The molecule has 2 aliphatic rings. The maximum absolute atomic E-state index is 5.66. The molecule has 1 saturated carbocycles. The summed E-state index contributed by atoms with van der Waals surface area (Å²) in [6, 6.07) is 0.501. The van der Waals surface area contributed by atoms with Crippen molar-refractivity contribution in [1.82, 2.24) is 15.1 Å². The predicted octanol–water partition coefficient (Wildman–Crippen LogP) is 2.20. The van der Waals surface area contributed by atoms with E-state index < -0.39 is 0 Å². The highest BCUT2D eigenvalue weighted by Crippen LogP contribution is 2.29. The summed E-state index contributed by atoms with van der Waals surface area (Å²) >= 11 is 0. The van der Waals surface area contributed by atoms with Crippen LogP contribution in [-0.4, -0.2) is 29.5 Å². The van der Waals surface area contributed by atoms with Gasteiger partial charge in [-0.1, -0.05) is 0 Å². The zero-order valence-electron chi connectivity index (χ0n) is 11.9. The molecular formula is C15H25N3O. The van der Waals surface area contributed by atoms with Crippen molar-refractivity contribution >= 4 is 0 Å². The van der Waals surface area contributed by atoms with Crippen LogP contribution in [-0.2, 0) is 18.2 Å². The molecular weight excluding hydrogens is 238 g/mol. The number of ether oxygens (including phenoxy) is 1. The summed E-state index contributed by atoms with van der Waals surface area (Å²) in [5.41, 5.74) is 2.82. The number of hydrogen-bond acceptors (Lipinski definition) is 3. The van der Waals surface area contributed by atoms with Gasteiger partial charge in [0.05, 0.1) is 6.20 Å². The maximum Gasteiger partial charge on any atom is 0.0540 e. The van der Waals surface area contributed by atoms with E-state index in [0.717, 1.165) is 32.1 Å². The Hall–Kier alpha value is -0.870. The standard InChI is InChI=1S/C15H25N3O/c1-18-15-5-2-4-14(13(15)10-17-18)16-8-3-9-19-11-12-6-7-12/h10,12,14,16H,2-9,11H2,1H3. The number of hydrogen-bond donors (Lipinski definition) is 1. The first-order valence-corrected chi connectivity index (χ1v) is 7.66. The molecule has 0 aromatic carbocycles. The molecule has 1 fully saturated rings. The molecule has 1 aromatic heterocycles. The van der Waals surface area contributed by atoms with E-state index in [2.05, 4.69) is 10.4 Å². The average molecular weight is 263 g/mol. The van der Waals surface area contributed by atoms with Gasteiger partial charge in [-0.05, 0) is 51.0 Å². The Balaban J connectivity index is 1.38. The predicted molar refractivity (Wildman–Crippen MR) is 75.0 cm³/mol. The van der Waals surface area contributed by atoms with Crippen LogP contribution in [0.2, 0.25) is 0 Å². The number of aryl methyl sites for hydroxylation is 1. The molecule has 3 rings (SSSR count). The normalized spacial score (nSPS) is 22.5. The molecule has 4 nitrogen and oxygen atoms in total. The van der Waals surface area contributed by atoms with E-state index in [4.69, 9.17) is 4.74 Å². The Morgan fingerprint density at radius 3 is 3.16 bits per heavy atom. The molecule has 1 heterocycles. The lowest BCUT2D eigenvalue weighted by atomic mass is 9.93. The Bertz CT molecular complexity index is 412. The minimum absolute atomic E-state index is 0.501. The fraction of sp³-hybridized carbons (Fsp3) is 0.800. The number of fused-ring (bicyclic) bond motifs is 1. The van der Waals surface area contributed by atoms with Gasteiger partial charge in [-0.2, -0.15) is 5.10 Å². The zero-order chi connectivity index (χ0) is 13.1. The Labute approximate surface area is 115 Å². The molecule has 0 bridgehead atoms. The molecule has 1 aromatic rings. The third kappa shape index (κ3) is 3.37. The average Bonchev–Trinajstić information content (AvgIpc) is 3.17. The minimum Gasteiger partial charge on any atom is -0.381 e. The first-order chi connectivity index (χ1) is 9.34. The SMILES string of the molecule is Cn1ncc2c1CCCC2NCCCOCC1CC1. The second-order valence-corrected chi connectivity index (χ2v) is 5.94. The number of rotatable bonds is 7. The van der Waals surface area contributed by atoms with Crippen LogP contribution in [0.25, 0.3) is 0 Å². The van der Waals surface area contributed by atoms with Gasteiger partial charge in [0.2, 0.25) is 0 Å². The smallest absolute Gasteiger partial charge is 0.0540 e. The highest BCUT2D eigenvalue weighted by molar-refractivity contribution is 5.24. The third-order valence-corrected chi connectivity index (χ3v) is 4.28. The molecule has 1 unspecified atom stereocenters. The van der Waals surface area contributed by atoms with E-state index in [1.807, 2.05) is 17.9 Å². The lowest BCUT2D eigenvalue weighted by Gasteiger charge is -2.23. The van der Waals surface area contributed by atoms with Gasteiger partial charge < -0.3 is 10.1 Å². The van der Waals surface area contributed by atoms with Crippen molar-refractivity contribution in [3.8, 4) is 0 Å². The second-order valence-electron chi connectivity index (χ2n) is 5.94. The molecule has 1 N–H and O–H groups in total. The van der Waals surface area contributed by atoms with Crippen molar-refractivity contribution in [2.24, 2.45) is 13.0 Å². The molecule has 0 radical (unpaired) electrons. The fourth-order valence-electron chi connectivity index (χ4n) is 2.90. The van der Waals surface area contributed by atoms with Gasteiger partial charge in [0.25, 0.3) is 0 Å². The van der Waals surface area contributed by atoms with Gasteiger partial charge in [-0.25, -0.2) is 0 Å². The Morgan fingerprint density at radius 1 is 1.42 bits per heavy atom. The first-order valence-electron chi connectivity index (χ1n) is 7.66. The molecule has 0 amide bonds. The zero-order valence-corrected chi connectivity index (χ0v) is 11.9. The van der Waals surface area contributed by atoms with E-state index in [-0.39, 0.29) is 0 Å².